The maximum Gasteiger partial charge on any atom is 0.173 e. The molecule has 1 unspecified atom stereocenters. The smallest absolute Gasteiger partial charge is 0.173 e. The number of aryl methyl sites for hydroxylation is 1. The molecule has 0 radical (unpaired) electrons. The summed E-state index contributed by atoms with van der Waals surface area (Å²) in [5.74, 6) is -1.35. The van der Waals surface area contributed by atoms with Gasteiger partial charge in [-0.2, -0.15) is 0 Å². The van der Waals surface area contributed by atoms with Crippen LogP contribution in [0, 0.1) is 11.7 Å². The Morgan fingerprint density at radius 3 is 2.63 bits per heavy atom. The number of hydrogen-bond donors (Lipinski definition) is 0. The molecule has 0 saturated heterocycles. The molecule has 138 valence electrons. The van der Waals surface area contributed by atoms with Gasteiger partial charge in [-0.15, -0.1) is 0 Å². The van der Waals surface area contributed by atoms with E-state index in [4.69, 9.17) is 11.6 Å². The molecular formula is C23H20ClFO2. The topological polar surface area (TPSA) is 34.1 Å². The number of ketones is 2. The summed E-state index contributed by atoms with van der Waals surface area (Å²) in [4.78, 5) is 26.2. The van der Waals surface area contributed by atoms with Crippen molar-refractivity contribution in [1.82, 2.24) is 0 Å². The SMILES string of the molecule is CCc1ccc(-c2ccc(Cl)cc2F)cc1C1C(=O)C2=CC[C@@H](CC2)C1=O. The molecule has 5 rings (SSSR count). The summed E-state index contributed by atoms with van der Waals surface area (Å²) in [6.07, 6.45) is 4.73. The first-order valence-corrected chi connectivity index (χ1v) is 9.72. The largest absolute Gasteiger partial charge is 0.298 e. The highest BCUT2D eigenvalue weighted by molar-refractivity contribution is 6.30. The normalized spacial score (nSPS) is 22.0. The van der Waals surface area contributed by atoms with Gasteiger partial charge in [0.25, 0.3) is 0 Å². The maximum absolute atomic E-state index is 14.4. The molecular weight excluding hydrogens is 363 g/mol. The zero-order chi connectivity index (χ0) is 19.1. The second-order valence-corrected chi connectivity index (χ2v) is 7.73. The third kappa shape index (κ3) is 3.14. The minimum absolute atomic E-state index is 0.00665. The number of benzene rings is 2. The van der Waals surface area contributed by atoms with E-state index in [1.807, 2.05) is 31.2 Å². The van der Waals surface area contributed by atoms with Crippen LogP contribution in [0.2, 0.25) is 5.02 Å². The Morgan fingerprint density at radius 2 is 1.96 bits per heavy atom. The minimum atomic E-state index is -0.767. The van der Waals surface area contributed by atoms with Crippen molar-refractivity contribution in [3.8, 4) is 11.1 Å². The number of allylic oxidation sites excluding steroid dienone is 2. The van der Waals surface area contributed by atoms with Gasteiger partial charge in [-0.05, 0) is 72.2 Å². The number of Topliss-reactive ketones (excluding diaryl/α,β-unsaturated/α-hetero) is 2. The van der Waals surface area contributed by atoms with E-state index < -0.39 is 11.7 Å². The van der Waals surface area contributed by atoms with Gasteiger partial charge in [0, 0.05) is 16.5 Å². The lowest BCUT2D eigenvalue weighted by molar-refractivity contribution is -0.128. The Hall–Kier alpha value is -2.26. The van der Waals surface area contributed by atoms with E-state index in [0.717, 1.165) is 23.1 Å². The molecule has 0 aliphatic heterocycles. The van der Waals surface area contributed by atoms with Crippen LogP contribution in [-0.2, 0) is 16.0 Å². The molecule has 0 heterocycles. The van der Waals surface area contributed by atoms with E-state index in [1.165, 1.54) is 6.07 Å². The Morgan fingerprint density at radius 1 is 1.15 bits per heavy atom. The predicted molar refractivity (Wildman–Crippen MR) is 104 cm³/mol. The quantitative estimate of drug-likeness (QED) is 0.641. The van der Waals surface area contributed by atoms with Crippen LogP contribution < -0.4 is 0 Å². The fourth-order valence-corrected chi connectivity index (χ4v) is 4.40. The van der Waals surface area contributed by atoms with Gasteiger partial charge in [0.05, 0.1) is 0 Å². The molecule has 1 saturated carbocycles. The third-order valence-corrected chi connectivity index (χ3v) is 5.99. The lowest BCUT2D eigenvalue weighted by atomic mass is 9.82. The first-order valence-electron chi connectivity index (χ1n) is 9.34. The molecule has 2 bridgehead atoms. The van der Waals surface area contributed by atoms with Crippen molar-refractivity contribution in [3.63, 3.8) is 0 Å². The van der Waals surface area contributed by atoms with Gasteiger partial charge in [0.2, 0.25) is 0 Å². The van der Waals surface area contributed by atoms with Gasteiger partial charge in [0.15, 0.2) is 11.6 Å². The summed E-state index contributed by atoms with van der Waals surface area (Å²) in [5, 5.41) is 0.333. The highest BCUT2D eigenvalue weighted by atomic mass is 35.5. The van der Waals surface area contributed by atoms with E-state index in [2.05, 4.69) is 0 Å². The van der Waals surface area contributed by atoms with Crippen molar-refractivity contribution in [3.05, 3.63) is 70.0 Å². The van der Waals surface area contributed by atoms with Crippen LogP contribution in [0.1, 0.15) is 43.2 Å². The number of rotatable bonds is 3. The Bertz CT molecular complexity index is 976. The molecule has 1 fully saturated rings. The summed E-state index contributed by atoms with van der Waals surface area (Å²) in [7, 11) is 0. The van der Waals surface area contributed by atoms with Crippen molar-refractivity contribution in [2.45, 2.75) is 38.5 Å². The monoisotopic (exact) mass is 382 g/mol. The standard InChI is InChI=1S/C23H20ClFO2/c1-2-13-3-8-16(18-10-9-17(24)12-20(18)25)11-19(13)21-22(26)14-4-5-15(7-6-14)23(21)27/h3-4,8-12,15,21H,2,5-7H2,1H3/t15-,21?/m0/s1. The van der Waals surface area contributed by atoms with Gasteiger partial charge in [-0.25, -0.2) is 4.39 Å². The molecule has 2 aromatic rings. The van der Waals surface area contributed by atoms with Gasteiger partial charge in [-0.1, -0.05) is 36.7 Å². The first kappa shape index (κ1) is 18.1. The van der Waals surface area contributed by atoms with Crippen molar-refractivity contribution in [1.29, 1.82) is 0 Å². The highest BCUT2D eigenvalue weighted by Gasteiger charge is 2.41. The highest BCUT2D eigenvalue weighted by Crippen LogP contribution is 2.40. The zero-order valence-corrected chi connectivity index (χ0v) is 15.9. The van der Waals surface area contributed by atoms with Crippen LogP contribution in [0.4, 0.5) is 4.39 Å². The number of carbonyl (C=O) groups is 2. The number of halogens is 2. The number of carbonyl (C=O) groups excluding carboxylic acids is 2. The average molecular weight is 383 g/mol. The van der Waals surface area contributed by atoms with Crippen molar-refractivity contribution in [2.24, 2.45) is 5.92 Å². The van der Waals surface area contributed by atoms with Crippen molar-refractivity contribution >= 4 is 23.2 Å². The van der Waals surface area contributed by atoms with Crippen LogP contribution in [0.15, 0.2) is 48.0 Å². The van der Waals surface area contributed by atoms with Crippen molar-refractivity contribution < 1.29 is 14.0 Å². The van der Waals surface area contributed by atoms with E-state index >= 15 is 0 Å². The van der Waals surface area contributed by atoms with Crippen molar-refractivity contribution in [2.75, 3.05) is 0 Å². The van der Waals surface area contributed by atoms with Gasteiger partial charge in [-0.3, -0.25) is 9.59 Å². The molecule has 2 aromatic carbocycles. The van der Waals surface area contributed by atoms with Crippen LogP contribution in [0.3, 0.4) is 0 Å². The molecule has 4 heteroatoms. The Balaban J connectivity index is 1.85. The van der Waals surface area contributed by atoms with Crippen LogP contribution in [0.25, 0.3) is 11.1 Å². The molecule has 0 N–H and O–H groups in total. The first-order chi connectivity index (χ1) is 13.0. The van der Waals surface area contributed by atoms with Gasteiger partial charge >= 0.3 is 0 Å². The maximum atomic E-state index is 14.4. The predicted octanol–water partition coefficient (Wildman–Crippen LogP) is 5.67. The summed E-state index contributed by atoms with van der Waals surface area (Å²) in [5.41, 5.74) is 3.52. The molecule has 3 aliphatic carbocycles. The summed E-state index contributed by atoms with van der Waals surface area (Å²) >= 11 is 5.86. The Kier molecular flexibility index (Phi) is 4.73. The number of fused-ring (bicyclic) bond motifs is 4. The molecule has 2 nitrogen and oxygen atoms in total. The van der Waals surface area contributed by atoms with E-state index in [9.17, 15) is 14.0 Å². The second-order valence-electron chi connectivity index (χ2n) is 7.29. The van der Waals surface area contributed by atoms with E-state index in [0.29, 0.717) is 35.4 Å². The van der Waals surface area contributed by atoms with Gasteiger partial charge < -0.3 is 0 Å². The van der Waals surface area contributed by atoms with Crippen LogP contribution in [-0.4, -0.2) is 11.6 Å². The van der Waals surface area contributed by atoms with E-state index in [-0.39, 0.29) is 17.5 Å². The van der Waals surface area contributed by atoms with Crippen LogP contribution >= 0.6 is 11.6 Å². The lowest BCUT2D eigenvalue weighted by Gasteiger charge is -2.20. The molecule has 0 aromatic heterocycles. The molecule has 0 spiro atoms. The summed E-state index contributed by atoms with van der Waals surface area (Å²) in [6, 6.07) is 10.1. The van der Waals surface area contributed by atoms with E-state index in [1.54, 1.807) is 12.1 Å². The molecule has 3 aliphatic rings. The number of hydrogen-bond acceptors (Lipinski definition) is 2. The van der Waals surface area contributed by atoms with Crippen LogP contribution in [0.5, 0.6) is 0 Å². The summed E-state index contributed by atoms with van der Waals surface area (Å²) < 4.78 is 14.4. The molecule has 2 atom stereocenters. The fourth-order valence-electron chi connectivity index (χ4n) is 4.24. The Labute approximate surface area is 163 Å². The minimum Gasteiger partial charge on any atom is -0.298 e. The summed E-state index contributed by atoms with van der Waals surface area (Å²) in [6.45, 7) is 2.00. The fraction of sp³-hybridized carbons (Fsp3) is 0.304. The zero-order valence-electron chi connectivity index (χ0n) is 15.1. The average Bonchev–Trinajstić information content (AvgIpc) is 2.86. The third-order valence-electron chi connectivity index (χ3n) is 5.76. The molecule has 0 amide bonds. The molecule has 27 heavy (non-hydrogen) atoms. The second kappa shape index (κ2) is 7.05. The lowest BCUT2D eigenvalue weighted by Crippen LogP contribution is -2.25. The van der Waals surface area contributed by atoms with Gasteiger partial charge in [0.1, 0.15) is 11.7 Å².